The quantitative estimate of drug-likeness (QED) is 0.792. The number of nitrogens with one attached hydrogen (secondary N) is 1. The third-order valence-corrected chi connectivity index (χ3v) is 3.03. The Morgan fingerprint density at radius 2 is 2.06 bits per heavy atom. The van der Waals surface area contributed by atoms with E-state index < -0.39 is 0 Å². The lowest BCUT2D eigenvalue weighted by Crippen LogP contribution is -2.35. The second kappa shape index (κ2) is 6.74. The molecule has 2 nitrogen and oxygen atoms in total. The minimum Gasteiger partial charge on any atom is -0.355 e. The van der Waals surface area contributed by atoms with Crippen molar-refractivity contribution in [2.24, 2.45) is 5.41 Å². The number of alkyl halides is 1. The molecule has 18 heavy (non-hydrogen) atoms. The first kappa shape index (κ1) is 15.0. The number of carbonyl (C=O) groups is 1. The van der Waals surface area contributed by atoms with Crippen molar-refractivity contribution < 1.29 is 9.18 Å². The number of benzene rings is 1. The van der Waals surface area contributed by atoms with Gasteiger partial charge in [-0.2, -0.15) is 0 Å². The molecule has 0 aliphatic heterocycles. The Morgan fingerprint density at radius 1 is 1.39 bits per heavy atom. The van der Waals surface area contributed by atoms with Crippen molar-refractivity contribution in [2.45, 2.75) is 26.7 Å². The van der Waals surface area contributed by atoms with Crippen molar-refractivity contribution in [1.29, 1.82) is 0 Å². The molecule has 0 atom stereocenters. The van der Waals surface area contributed by atoms with Gasteiger partial charge in [-0.3, -0.25) is 4.79 Å². The second-order valence-electron chi connectivity index (χ2n) is 5.15. The first-order valence-corrected chi connectivity index (χ1v) is 6.54. The van der Waals surface area contributed by atoms with Gasteiger partial charge >= 0.3 is 0 Å². The Kier molecular flexibility index (Phi) is 5.60. The van der Waals surface area contributed by atoms with Gasteiger partial charge in [-0.1, -0.05) is 32.0 Å². The zero-order valence-corrected chi connectivity index (χ0v) is 11.6. The van der Waals surface area contributed by atoms with Crippen LogP contribution in [-0.2, 0) is 11.2 Å². The van der Waals surface area contributed by atoms with Gasteiger partial charge in [-0.05, 0) is 23.5 Å². The molecule has 0 aromatic heterocycles. The summed E-state index contributed by atoms with van der Waals surface area (Å²) >= 11 is 5.69. The molecule has 0 fully saturated rings. The van der Waals surface area contributed by atoms with E-state index in [2.05, 4.69) is 5.32 Å². The standard InChI is InChI=1S/C14H19ClFNO/c1-14(2,7-8-15)10-17-13(18)9-11-5-3-4-6-12(11)16/h3-6H,7-10H2,1-2H3,(H,17,18). The van der Waals surface area contributed by atoms with Crippen LogP contribution < -0.4 is 5.32 Å². The molecule has 0 aliphatic rings. The lowest BCUT2D eigenvalue weighted by atomic mass is 9.90. The van der Waals surface area contributed by atoms with Gasteiger partial charge in [0.25, 0.3) is 0 Å². The number of carbonyl (C=O) groups excluding carboxylic acids is 1. The van der Waals surface area contributed by atoms with Crippen molar-refractivity contribution >= 4 is 17.5 Å². The summed E-state index contributed by atoms with van der Waals surface area (Å²) in [6.45, 7) is 4.63. The van der Waals surface area contributed by atoms with Crippen molar-refractivity contribution in [3.05, 3.63) is 35.6 Å². The van der Waals surface area contributed by atoms with E-state index in [-0.39, 0.29) is 23.6 Å². The second-order valence-corrected chi connectivity index (χ2v) is 5.53. The first-order valence-electron chi connectivity index (χ1n) is 6.01. The summed E-state index contributed by atoms with van der Waals surface area (Å²) in [7, 11) is 0. The highest BCUT2D eigenvalue weighted by Crippen LogP contribution is 2.19. The van der Waals surface area contributed by atoms with E-state index in [0.29, 0.717) is 18.0 Å². The Morgan fingerprint density at radius 3 is 2.67 bits per heavy atom. The van der Waals surface area contributed by atoms with Gasteiger partial charge in [-0.15, -0.1) is 11.6 Å². The molecule has 0 saturated heterocycles. The van der Waals surface area contributed by atoms with E-state index in [9.17, 15) is 9.18 Å². The normalized spacial score (nSPS) is 11.3. The highest BCUT2D eigenvalue weighted by atomic mass is 35.5. The third kappa shape index (κ3) is 5.05. The maximum atomic E-state index is 13.3. The Labute approximate surface area is 113 Å². The minimum absolute atomic E-state index is 0.0351. The SMILES string of the molecule is CC(C)(CCCl)CNC(=O)Cc1ccccc1F. The van der Waals surface area contributed by atoms with Gasteiger partial charge in [0.15, 0.2) is 0 Å². The van der Waals surface area contributed by atoms with Crippen molar-refractivity contribution in [2.75, 3.05) is 12.4 Å². The molecule has 0 heterocycles. The minimum atomic E-state index is -0.340. The number of amides is 1. The maximum absolute atomic E-state index is 13.3. The zero-order valence-electron chi connectivity index (χ0n) is 10.8. The molecular weight excluding hydrogens is 253 g/mol. The van der Waals surface area contributed by atoms with Crippen LogP contribution in [0.4, 0.5) is 4.39 Å². The number of rotatable bonds is 6. The molecule has 0 spiro atoms. The van der Waals surface area contributed by atoms with Crippen LogP contribution in [0.25, 0.3) is 0 Å². The first-order chi connectivity index (χ1) is 8.44. The largest absolute Gasteiger partial charge is 0.355 e. The third-order valence-electron chi connectivity index (χ3n) is 2.84. The van der Waals surface area contributed by atoms with Gasteiger partial charge in [0.05, 0.1) is 6.42 Å². The van der Waals surface area contributed by atoms with Gasteiger partial charge in [0.1, 0.15) is 5.82 Å². The molecule has 0 bridgehead atoms. The molecule has 0 aliphatic carbocycles. The van der Waals surface area contributed by atoms with Crippen LogP contribution in [0.2, 0.25) is 0 Å². The van der Waals surface area contributed by atoms with Crippen molar-refractivity contribution in [3.63, 3.8) is 0 Å². The summed E-state index contributed by atoms with van der Waals surface area (Å²) in [6.07, 6.45) is 0.901. The lowest BCUT2D eigenvalue weighted by molar-refractivity contribution is -0.120. The fourth-order valence-corrected chi connectivity index (χ4v) is 2.07. The highest BCUT2D eigenvalue weighted by molar-refractivity contribution is 6.17. The van der Waals surface area contributed by atoms with Crippen LogP contribution in [-0.4, -0.2) is 18.3 Å². The van der Waals surface area contributed by atoms with Crippen LogP contribution in [0.3, 0.4) is 0 Å². The molecule has 0 saturated carbocycles. The van der Waals surface area contributed by atoms with Gasteiger partial charge in [0.2, 0.25) is 5.91 Å². The average Bonchev–Trinajstić information content (AvgIpc) is 2.30. The summed E-state index contributed by atoms with van der Waals surface area (Å²) in [5.74, 6) is 0.0614. The molecule has 1 amide bonds. The summed E-state index contributed by atoms with van der Waals surface area (Å²) in [5, 5.41) is 2.82. The molecule has 1 aromatic rings. The molecule has 4 heteroatoms. The van der Waals surface area contributed by atoms with Crippen LogP contribution in [0.15, 0.2) is 24.3 Å². The van der Waals surface area contributed by atoms with Crippen molar-refractivity contribution in [3.8, 4) is 0 Å². The number of hydrogen-bond donors (Lipinski definition) is 1. The summed E-state index contributed by atoms with van der Waals surface area (Å²) in [5.41, 5.74) is 0.386. The smallest absolute Gasteiger partial charge is 0.224 e. The fourth-order valence-electron chi connectivity index (χ4n) is 1.56. The van der Waals surface area contributed by atoms with Gasteiger partial charge in [-0.25, -0.2) is 4.39 Å². The van der Waals surface area contributed by atoms with Gasteiger partial charge in [0, 0.05) is 12.4 Å². The summed E-state index contributed by atoms with van der Waals surface area (Å²) in [4.78, 5) is 11.7. The predicted molar refractivity (Wildman–Crippen MR) is 72.2 cm³/mol. The predicted octanol–water partition coefficient (Wildman–Crippen LogP) is 3.14. The van der Waals surface area contributed by atoms with Crippen LogP contribution in [0.5, 0.6) is 0 Å². The topological polar surface area (TPSA) is 29.1 Å². The molecule has 0 unspecified atom stereocenters. The molecule has 1 aromatic carbocycles. The molecule has 1 rings (SSSR count). The van der Waals surface area contributed by atoms with Crippen LogP contribution in [0, 0.1) is 11.2 Å². The van der Waals surface area contributed by atoms with E-state index in [1.165, 1.54) is 6.07 Å². The van der Waals surface area contributed by atoms with Crippen LogP contribution >= 0.6 is 11.6 Å². The fraction of sp³-hybridized carbons (Fsp3) is 0.500. The summed E-state index contributed by atoms with van der Waals surface area (Å²) in [6, 6.07) is 6.32. The van der Waals surface area contributed by atoms with E-state index in [1.807, 2.05) is 13.8 Å². The number of halogens is 2. The zero-order chi connectivity index (χ0) is 13.6. The van der Waals surface area contributed by atoms with E-state index in [0.717, 1.165) is 6.42 Å². The van der Waals surface area contributed by atoms with Crippen molar-refractivity contribution in [1.82, 2.24) is 5.32 Å². The lowest BCUT2D eigenvalue weighted by Gasteiger charge is -2.23. The Hall–Kier alpha value is -1.09. The Balaban J connectivity index is 2.46. The van der Waals surface area contributed by atoms with E-state index in [4.69, 9.17) is 11.6 Å². The molecule has 1 N–H and O–H groups in total. The van der Waals surface area contributed by atoms with E-state index in [1.54, 1.807) is 18.2 Å². The maximum Gasteiger partial charge on any atom is 0.224 e. The van der Waals surface area contributed by atoms with Crippen LogP contribution in [0.1, 0.15) is 25.8 Å². The van der Waals surface area contributed by atoms with Gasteiger partial charge < -0.3 is 5.32 Å². The average molecular weight is 272 g/mol. The monoisotopic (exact) mass is 271 g/mol. The molecule has 0 radical (unpaired) electrons. The summed E-state index contributed by atoms with van der Waals surface area (Å²) < 4.78 is 13.3. The van der Waals surface area contributed by atoms with E-state index >= 15 is 0 Å². The molecule has 100 valence electrons. The highest BCUT2D eigenvalue weighted by Gasteiger charge is 2.18. The number of hydrogen-bond acceptors (Lipinski definition) is 1. The molecular formula is C14H19ClFNO. The Bertz CT molecular complexity index is 407.